The maximum absolute atomic E-state index is 11.9. The Kier molecular flexibility index (Phi) is 13.2. The Bertz CT molecular complexity index is 1580. The maximum Gasteiger partial charge on any atom is 0.272 e. The van der Waals surface area contributed by atoms with E-state index < -0.39 is 0 Å². The zero-order valence-electron chi connectivity index (χ0n) is 22.8. The second-order valence-electron chi connectivity index (χ2n) is 8.79. The summed E-state index contributed by atoms with van der Waals surface area (Å²) in [5, 5.41) is 7.89. The molecule has 1 aromatic heterocycles. The number of para-hydroxylation sites is 1. The minimum absolute atomic E-state index is 0.0875. The number of anilines is 1. The lowest BCUT2D eigenvalue weighted by molar-refractivity contribution is 0.0962. The van der Waals surface area contributed by atoms with Gasteiger partial charge in [-0.15, -0.1) is 0 Å². The highest BCUT2D eigenvalue weighted by atomic mass is 127. The number of aromatic nitrogens is 2. The average Bonchev–Trinajstić information content (AvgIpc) is 3.33. The van der Waals surface area contributed by atoms with Gasteiger partial charge >= 0.3 is 0 Å². The minimum atomic E-state index is -0.171. The molecule has 7 nitrogen and oxygen atoms in total. The summed E-state index contributed by atoms with van der Waals surface area (Å²) in [7, 11) is 1.98. The number of rotatable bonds is 7. The number of aromatic amines is 1. The van der Waals surface area contributed by atoms with Crippen molar-refractivity contribution in [2.45, 2.75) is 19.8 Å². The molecule has 4 aromatic carbocycles. The minimum Gasteiger partial charge on any atom is -0.320 e. The molecule has 1 heterocycles. The molecule has 0 fully saturated rings. The van der Waals surface area contributed by atoms with Crippen molar-refractivity contribution in [3.05, 3.63) is 127 Å². The third-order valence-electron chi connectivity index (χ3n) is 5.75. The quantitative estimate of drug-likeness (QED) is 0.0796. The average molecular weight is 704 g/mol. The molecular formula is C31H32Cl2IN5O2. The van der Waals surface area contributed by atoms with E-state index in [9.17, 15) is 9.59 Å². The lowest BCUT2D eigenvalue weighted by atomic mass is 10.2. The third kappa shape index (κ3) is 9.93. The monoisotopic (exact) mass is 703 g/mol. The van der Waals surface area contributed by atoms with Gasteiger partial charge in [0.2, 0.25) is 0 Å². The number of fused-ring (bicyclic) bond motifs is 1. The van der Waals surface area contributed by atoms with Crippen molar-refractivity contribution in [2.24, 2.45) is 0 Å². The molecule has 0 spiro atoms. The Morgan fingerprint density at radius 2 is 1.49 bits per heavy atom. The molecule has 214 valence electrons. The van der Waals surface area contributed by atoms with Gasteiger partial charge in [0.15, 0.2) is 0 Å². The molecule has 0 radical (unpaired) electrons. The molecule has 41 heavy (non-hydrogen) atoms. The number of unbranched alkanes of at least 4 members (excludes halogenated alkanes) is 1. The van der Waals surface area contributed by atoms with Gasteiger partial charge in [-0.25, -0.2) is 0 Å². The molecular weight excluding hydrogens is 672 g/mol. The van der Waals surface area contributed by atoms with Gasteiger partial charge in [0.1, 0.15) is 0 Å². The molecule has 0 bridgehead atoms. The van der Waals surface area contributed by atoms with Crippen molar-refractivity contribution in [3.63, 3.8) is 0 Å². The van der Waals surface area contributed by atoms with Crippen molar-refractivity contribution >= 4 is 68.3 Å². The van der Waals surface area contributed by atoms with E-state index in [4.69, 9.17) is 23.2 Å². The number of H-pyrrole nitrogens is 1. The Morgan fingerprint density at radius 1 is 0.878 bits per heavy atom. The van der Waals surface area contributed by atoms with Gasteiger partial charge in [0, 0.05) is 13.6 Å². The summed E-state index contributed by atoms with van der Waals surface area (Å²) in [6.45, 7) is 3.36. The van der Waals surface area contributed by atoms with Crippen LogP contribution in [0.1, 0.15) is 30.1 Å². The first-order valence-electron chi connectivity index (χ1n) is 13.0. The van der Waals surface area contributed by atoms with Crippen LogP contribution in [-0.2, 0) is 0 Å². The van der Waals surface area contributed by atoms with Crippen LogP contribution in [0.5, 0.6) is 0 Å². The Balaban J connectivity index is 0.000000189. The van der Waals surface area contributed by atoms with Crippen LogP contribution < -0.4 is 21.7 Å². The molecule has 0 saturated heterocycles. The largest absolute Gasteiger partial charge is 0.320 e. The second kappa shape index (κ2) is 16.8. The van der Waals surface area contributed by atoms with Gasteiger partial charge in [-0.2, -0.15) is 0 Å². The zero-order chi connectivity index (χ0) is 29.6. The van der Waals surface area contributed by atoms with Gasteiger partial charge in [-0.1, -0.05) is 60.8 Å². The SMILES string of the molecule is CCCCNC.O=C(NNc1ccc(Cl)cc1)c1ccccc1I.O=c1[nH]n(-c2ccc(Cl)cc2)c2ccccc12. The molecule has 10 heteroatoms. The zero-order valence-corrected chi connectivity index (χ0v) is 26.4. The molecule has 0 aliphatic carbocycles. The number of nitrogens with zero attached hydrogens (tertiary/aromatic N) is 1. The first kappa shape index (κ1) is 32.2. The van der Waals surface area contributed by atoms with Crippen LogP contribution in [0.3, 0.4) is 0 Å². The lowest BCUT2D eigenvalue weighted by Gasteiger charge is -2.09. The molecule has 5 aromatic rings. The van der Waals surface area contributed by atoms with Crippen molar-refractivity contribution in [2.75, 3.05) is 19.0 Å². The lowest BCUT2D eigenvalue weighted by Crippen LogP contribution is -2.29. The van der Waals surface area contributed by atoms with Crippen LogP contribution in [-0.4, -0.2) is 29.3 Å². The number of carbonyl (C=O) groups is 1. The Hall–Kier alpha value is -3.31. The molecule has 0 atom stereocenters. The van der Waals surface area contributed by atoms with E-state index in [2.05, 4.69) is 50.8 Å². The van der Waals surface area contributed by atoms with E-state index in [0.717, 1.165) is 27.0 Å². The molecule has 5 rings (SSSR count). The van der Waals surface area contributed by atoms with E-state index in [0.29, 0.717) is 21.0 Å². The number of hydrogen-bond acceptors (Lipinski definition) is 4. The fourth-order valence-electron chi connectivity index (χ4n) is 3.60. The molecule has 0 unspecified atom stereocenters. The highest BCUT2D eigenvalue weighted by Gasteiger charge is 2.08. The van der Waals surface area contributed by atoms with E-state index >= 15 is 0 Å². The van der Waals surface area contributed by atoms with E-state index in [1.165, 1.54) is 12.8 Å². The third-order valence-corrected chi connectivity index (χ3v) is 7.20. The summed E-state index contributed by atoms with van der Waals surface area (Å²) in [6, 6.07) is 29.3. The predicted molar refractivity (Wildman–Crippen MR) is 179 cm³/mol. The van der Waals surface area contributed by atoms with Gasteiger partial charge < -0.3 is 5.32 Å². The van der Waals surface area contributed by atoms with Gasteiger partial charge in [0.05, 0.1) is 27.8 Å². The summed E-state index contributed by atoms with van der Waals surface area (Å²) in [5.74, 6) is -0.171. The summed E-state index contributed by atoms with van der Waals surface area (Å²) in [6.07, 6.45) is 2.59. The van der Waals surface area contributed by atoms with Crippen LogP contribution in [0.2, 0.25) is 10.0 Å². The van der Waals surface area contributed by atoms with E-state index in [-0.39, 0.29) is 11.5 Å². The standard InChI is InChI=1S/C13H10ClIN2O.C13H9ClN2O.C5H13N/c14-9-5-7-10(8-6-9)16-17-13(18)11-3-1-2-4-12(11)15;14-9-5-7-10(8-6-9)16-12-4-2-1-3-11(12)13(17)15-16;1-3-4-5-6-2/h1-8,16H,(H,17,18);1-8H,(H,15,17);6H,3-5H2,1-2H3. The fraction of sp³-hybridized carbons (Fsp3) is 0.161. The number of nitrogens with one attached hydrogen (secondary N) is 4. The predicted octanol–water partition coefficient (Wildman–Crippen LogP) is 7.68. The number of hydrogen-bond donors (Lipinski definition) is 4. The molecule has 0 aliphatic heterocycles. The molecule has 4 N–H and O–H groups in total. The highest BCUT2D eigenvalue weighted by molar-refractivity contribution is 14.1. The number of carbonyl (C=O) groups excluding carboxylic acids is 1. The van der Waals surface area contributed by atoms with Gasteiger partial charge in [-0.05, 0) is 115 Å². The first-order valence-corrected chi connectivity index (χ1v) is 14.8. The van der Waals surface area contributed by atoms with Crippen LogP contribution in [0.25, 0.3) is 16.6 Å². The van der Waals surface area contributed by atoms with Gasteiger partial charge in [0.25, 0.3) is 11.5 Å². The van der Waals surface area contributed by atoms with E-state index in [1.54, 1.807) is 53.2 Å². The molecule has 1 amide bonds. The number of amides is 1. The summed E-state index contributed by atoms with van der Waals surface area (Å²) in [4.78, 5) is 23.6. The number of benzene rings is 4. The van der Waals surface area contributed by atoms with Crippen LogP contribution in [0, 0.1) is 3.57 Å². The van der Waals surface area contributed by atoms with Crippen LogP contribution in [0.4, 0.5) is 5.69 Å². The molecule has 0 aliphatic rings. The summed E-state index contributed by atoms with van der Waals surface area (Å²) in [5.41, 5.74) is 8.55. The first-order chi connectivity index (χ1) is 19.8. The number of halogens is 3. The van der Waals surface area contributed by atoms with E-state index in [1.807, 2.05) is 55.6 Å². The Morgan fingerprint density at radius 3 is 2.10 bits per heavy atom. The second-order valence-corrected chi connectivity index (χ2v) is 10.8. The summed E-state index contributed by atoms with van der Waals surface area (Å²) >= 11 is 13.7. The van der Waals surface area contributed by atoms with Crippen molar-refractivity contribution in [1.82, 2.24) is 20.5 Å². The molecule has 0 saturated carbocycles. The maximum atomic E-state index is 11.9. The normalized spacial score (nSPS) is 10.2. The smallest absolute Gasteiger partial charge is 0.272 e. The van der Waals surface area contributed by atoms with Crippen molar-refractivity contribution in [1.29, 1.82) is 0 Å². The summed E-state index contributed by atoms with van der Waals surface area (Å²) < 4.78 is 2.67. The highest BCUT2D eigenvalue weighted by Crippen LogP contribution is 2.17. The Labute approximate surface area is 263 Å². The van der Waals surface area contributed by atoms with Gasteiger partial charge in [-0.3, -0.25) is 30.2 Å². The van der Waals surface area contributed by atoms with Crippen LogP contribution in [0.15, 0.2) is 102 Å². The van der Waals surface area contributed by atoms with Crippen LogP contribution >= 0.6 is 45.8 Å². The van der Waals surface area contributed by atoms with Crippen molar-refractivity contribution < 1.29 is 4.79 Å². The van der Waals surface area contributed by atoms with Crippen molar-refractivity contribution in [3.8, 4) is 5.69 Å². The number of hydrazine groups is 1. The topological polar surface area (TPSA) is 91.0 Å². The fourth-order valence-corrected chi connectivity index (χ4v) is 4.49.